The van der Waals surface area contributed by atoms with E-state index >= 15 is 0 Å². The summed E-state index contributed by atoms with van der Waals surface area (Å²) in [6, 6.07) is 34.1. The van der Waals surface area contributed by atoms with Crippen LogP contribution < -0.4 is 11.5 Å². The quantitative estimate of drug-likeness (QED) is 0.234. The van der Waals surface area contributed by atoms with Crippen LogP contribution in [0.15, 0.2) is 97.1 Å². The maximum atomic E-state index is 6.50. The predicted octanol–water partition coefficient (Wildman–Crippen LogP) is 7.13. The van der Waals surface area contributed by atoms with Gasteiger partial charge in [0.25, 0.3) is 0 Å². The van der Waals surface area contributed by atoms with E-state index in [0.29, 0.717) is 0 Å². The zero-order chi connectivity index (χ0) is 20.2. The molecule has 0 aliphatic heterocycles. The second-order valence-electron chi connectivity index (χ2n) is 7.93. The van der Waals surface area contributed by atoms with Gasteiger partial charge in [-0.1, -0.05) is 60.7 Å². The van der Waals surface area contributed by atoms with Crippen molar-refractivity contribution in [3.63, 3.8) is 0 Å². The molecule has 0 bridgehead atoms. The Kier molecular flexibility index (Phi) is 3.50. The van der Waals surface area contributed by atoms with Crippen LogP contribution in [0.5, 0.6) is 0 Å². The Bertz CT molecular complexity index is 1610. The van der Waals surface area contributed by atoms with E-state index in [1.807, 2.05) is 18.2 Å². The van der Waals surface area contributed by atoms with Crippen LogP contribution in [0, 0.1) is 0 Å². The van der Waals surface area contributed by atoms with Gasteiger partial charge in [-0.2, -0.15) is 0 Å². The summed E-state index contributed by atoms with van der Waals surface area (Å²) in [6.07, 6.45) is 0. The number of hydrogen-bond donors (Lipinski definition) is 2. The molecule has 0 unspecified atom stereocenters. The van der Waals surface area contributed by atoms with Crippen molar-refractivity contribution >= 4 is 54.5 Å². The molecule has 0 heterocycles. The number of rotatable bonds is 1. The van der Waals surface area contributed by atoms with Gasteiger partial charge in [0, 0.05) is 22.1 Å². The fraction of sp³-hybridized carbons (Fsp3) is 0. The molecule has 6 rings (SSSR count). The summed E-state index contributed by atoms with van der Waals surface area (Å²) < 4.78 is 0. The SMILES string of the molecule is Nc1ccc2cc3c(-c4ccc5c(N)c6ccccc6cc5c4)cccc3cc2c1. The smallest absolute Gasteiger partial charge is 0.0473 e. The standard InChI is InChI=1S/C28H20N2/c29-23-10-8-17-16-27-19(12-21(17)15-23)5-3-7-24(27)20-9-11-26-22(14-20)13-18-4-1-2-6-25(18)28(26)30/h1-16H,29-30H2. The topological polar surface area (TPSA) is 52.0 Å². The summed E-state index contributed by atoms with van der Waals surface area (Å²) in [5.74, 6) is 0. The minimum absolute atomic E-state index is 0.789. The van der Waals surface area contributed by atoms with Gasteiger partial charge >= 0.3 is 0 Å². The average molecular weight is 384 g/mol. The number of fused-ring (bicyclic) bond motifs is 4. The maximum absolute atomic E-state index is 6.50. The average Bonchev–Trinajstić information content (AvgIpc) is 2.77. The summed E-state index contributed by atoms with van der Waals surface area (Å²) in [7, 11) is 0. The molecular weight excluding hydrogens is 364 g/mol. The Morgan fingerprint density at radius 2 is 1.20 bits per heavy atom. The minimum Gasteiger partial charge on any atom is -0.399 e. The zero-order valence-electron chi connectivity index (χ0n) is 16.4. The fourth-order valence-corrected chi connectivity index (χ4v) is 4.57. The molecule has 0 spiro atoms. The monoisotopic (exact) mass is 384 g/mol. The summed E-state index contributed by atoms with van der Waals surface area (Å²) in [5.41, 5.74) is 16.5. The van der Waals surface area contributed by atoms with Gasteiger partial charge in [-0.15, -0.1) is 0 Å². The van der Waals surface area contributed by atoms with Crippen LogP contribution in [0.3, 0.4) is 0 Å². The van der Waals surface area contributed by atoms with E-state index in [0.717, 1.165) is 32.9 Å². The van der Waals surface area contributed by atoms with Crippen LogP contribution in [0.4, 0.5) is 11.4 Å². The molecule has 2 nitrogen and oxygen atoms in total. The maximum Gasteiger partial charge on any atom is 0.0473 e. The van der Waals surface area contributed by atoms with Crippen molar-refractivity contribution in [2.75, 3.05) is 11.5 Å². The highest BCUT2D eigenvalue weighted by atomic mass is 14.6. The lowest BCUT2D eigenvalue weighted by atomic mass is 9.93. The first-order valence-electron chi connectivity index (χ1n) is 10.1. The third-order valence-corrected chi connectivity index (χ3v) is 6.08. The number of nitrogen functional groups attached to an aromatic ring is 2. The minimum atomic E-state index is 0.789. The van der Waals surface area contributed by atoms with Crippen molar-refractivity contribution in [2.45, 2.75) is 0 Å². The van der Waals surface area contributed by atoms with Gasteiger partial charge in [0.2, 0.25) is 0 Å². The molecule has 0 atom stereocenters. The second-order valence-corrected chi connectivity index (χ2v) is 7.93. The lowest BCUT2D eigenvalue weighted by molar-refractivity contribution is 1.69. The van der Waals surface area contributed by atoms with Crippen LogP contribution in [0.1, 0.15) is 0 Å². The number of benzene rings is 6. The van der Waals surface area contributed by atoms with Gasteiger partial charge in [0.1, 0.15) is 0 Å². The summed E-state index contributed by atoms with van der Waals surface area (Å²) in [5, 5.41) is 9.34. The van der Waals surface area contributed by atoms with Gasteiger partial charge in [-0.25, -0.2) is 0 Å². The molecule has 6 aromatic rings. The van der Waals surface area contributed by atoms with Crippen molar-refractivity contribution in [3.8, 4) is 11.1 Å². The number of nitrogens with two attached hydrogens (primary N) is 2. The van der Waals surface area contributed by atoms with Gasteiger partial charge in [-0.3, -0.25) is 0 Å². The van der Waals surface area contributed by atoms with Crippen LogP contribution in [-0.2, 0) is 0 Å². The normalized spacial score (nSPS) is 11.6. The molecule has 2 heteroatoms. The molecule has 0 aliphatic rings. The lowest BCUT2D eigenvalue weighted by Gasteiger charge is -2.12. The van der Waals surface area contributed by atoms with Gasteiger partial charge in [0.15, 0.2) is 0 Å². The van der Waals surface area contributed by atoms with Crippen molar-refractivity contribution in [1.82, 2.24) is 0 Å². The van der Waals surface area contributed by atoms with E-state index in [4.69, 9.17) is 11.5 Å². The molecule has 142 valence electrons. The fourth-order valence-electron chi connectivity index (χ4n) is 4.57. The Morgan fingerprint density at radius 3 is 2.13 bits per heavy atom. The summed E-state index contributed by atoms with van der Waals surface area (Å²) >= 11 is 0. The molecule has 30 heavy (non-hydrogen) atoms. The van der Waals surface area contributed by atoms with E-state index in [9.17, 15) is 0 Å². The molecule has 0 saturated heterocycles. The highest BCUT2D eigenvalue weighted by Crippen LogP contribution is 2.36. The first-order chi connectivity index (χ1) is 14.7. The lowest BCUT2D eigenvalue weighted by Crippen LogP contribution is -1.90. The highest BCUT2D eigenvalue weighted by molar-refractivity contribution is 6.12. The molecule has 4 N–H and O–H groups in total. The third-order valence-electron chi connectivity index (χ3n) is 6.08. The Balaban J connectivity index is 1.62. The van der Waals surface area contributed by atoms with Crippen LogP contribution in [0.2, 0.25) is 0 Å². The summed E-state index contributed by atoms with van der Waals surface area (Å²) in [4.78, 5) is 0. The molecule has 0 radical (unpaired) electrons. The molecule has 0 saturated carbocycles. The van der Waals surface area contributed by atoms with E-state index in [2.05, 4.69) is 78.9 Å². The summed E-state index contributed by atoms with van der Waals surface area (Å²) in [6.45, 7) is 0. The van der Waals surface area contributed by atoms with Gasteiger partial charge in [0.05, 0.1) is 0 Å². The van der Waals surface area contributed by atoms with Crippen molar-refractivity contribution in [3.05, 3.63) is 97.1 Å². The van der Waals surface area contributed by atoms with Gasteiger partial charge < -0.3 is 11.5 Å². The van der Waals surface area contributed by atoms with Gasteiger partial charge in [-0.05, 0) is 79.8 Å². The first kappa shape index (κ1) is 16.9. The molecule has 6 aromatic carbocycles. The largest absolute Gasteiger partial charge is 0.399 e. The highest BCUT2D eigenvalue weighted by Gasteiger charge is 2.09. The number of anilines is 2. The van der Waals surface area contributed by atoms with Crippen LogP contribution in [-0.4, -0.2) is 0 Å². The van der Waals surface area contributed by atoms with Crippen molar-refractivity contribution < 1.29 is 0 Å². The van der Waals surface area contributed by atoms with E-state index in [1.165, 1.54) is 32.7 Å². The van der Waals surface area contributed by atoms with E-state index in [-0.39, 0.29) is 0 Å². The number of hydrogen-bond acceptors (Lipinski definition) is 2. The van der Waals surface area contributed by atoms with Crippen molar-refractivity contribution in [2.24, 2.45) is 0 Å². The van der Waals surface area contributed by atoms with Crippen LogP contribution in [0.25, 0.3) is 54.2 Å². The third kappa shape index (κ3) is 2.51. The Hall–Kier alpha value is -4.04. The first-order valence-corrected chi connectivity index (χ1v) is 10.1. The Morgan fingerprint density at radius 1 is 0.433 bits per heavy atom. The molecule has 0 aromatic heterocycles. The Labute approximate surface area is 174 Å². The van der Waals surface area contributed by atoms with Crippen molar-refractivity contribution in [1.29, 1.82) is 0 Å². The molecule has 0 fully saturated rings. The van der Waals surface area contributed by atoms with E-state index in [1.54, 1.807) is 0 Å². The zero-order valence-corrected chi connectivity index (χ0v) is 16.4. The second kappa shape index (κ2) is 6.23. The molecular formula is C28H20N2. The van der Waals surface area contributed by atoms with E-state index < -0.39 is 0 Å². The van der Waals surface area contributed by atoms with Crippen LogP contribution >= 0.6 is 0 Å². The molecule has 0 amide bonds. The molecule has 0 aliphatic carbocycles. The predicted molar refractivity (Wildman–Crippen MR) is 131 cm³/mol.